The Morgan fingerprint density at radius 3 is 3.11 bits per heavy atom. The molecule has 0 saturated carbocycles. The molecule has 3 aromatic heterocycles. The zero-order chi connectivity index (χ0) is 13.2. The minimum Gasteiger partial charge on any atom is -0.461 e. The number of nitrogens with zero attached hydrogens (tertiary/aromatic N) is 3. The molecule has 3 rings (SSSR count). The van der Waals surface area contributed by atoms with Crippen molar-refractivity contribution in [2.45, 2.75) is 6.92 Å². The Kier molecular flexibility index (Phi) is 3.00. The number of aromatic nitrogens is 3. The molecule has 5 nitrogen and oxygen atoms in total. The fourth-order valence-corrected chi connectivity index (χ4v) is 2.57. The first kappa shape index (κ1) is 11.9. The van der Waals surface area contributed by atoms with Crippen molar-refractivity contribution < 1.29 is 9.53 Å². The molecule has 0 aliphatic rings. The van der Waals surface area contributed by atoms with Crippen molar-refractivity contribution in [1.29, 1.82) is 0 Å². The maximum absolute atomic E-state index is 11.7. The van der Waals surface area contributed by atoms with Crippen LogP contribution in [-0.4, -0.2) is 26.9 Å². The third kappa shape index (κ3) is 2.10. The zero-order valence-electron chi connectivity index (χ0n) is 10.2. The van der Waals surface area contributed by atoms with Crippen LogP contribution in [0.25, 0.3) is 16.3 Å². The number of thiophene rings is 1. The zero-order valence-corrected chi connectivity index (χ0v) is 11.1. The fraction of sp³-hybridized carbons (Fsp3) is 0.154. The molecule has 3 heterocycles. The number of carbonyl (C=O) groups excluding carboxylic acids is 1. The molecule has 0 aromatic carbocycles. The molecule has 3 aromatic rings. The van der Waals surface area contributed by atoms with Crippen LogP contribution in [0, 0.1) is 0 Å². The van der Waals surface area contributed by atoms with E-state index in [2.05, 4.69) is 9.97 Å². The van der Waals surface area contributed by atoms with E-state index in [4.69, 9.17) is 4.74 Å². The molecular weight excluding hydrogens is 262 g/mol. The van der Waals surface area contributed by atoms with Crippen LogP contribution in [0.5, 0.6) is 0 Å². The fourth-order valence-electron chi connectivity index (χ4n) is 1.82. The molecule has 6 heteroatoms. The van der Waals surface area contributed by atoms with Gasteiger partial charge in [-0.2, -0.15) is 0 Å². The molecule has 0 amide bonds. The van der Waals surface area contributed by atoms with Crippen molar-refractivity contribution in [2.24, 2.45) is 0 Å². The van der Waals surface area contributed by atoms with Crippen LogP contribution in [-0.2, 0) is 4.74 Å². The summed E-state index contributed by atoms with van der Waals surface area (Å²) in [7, 11) is 0. The number of rotatable bonds is 3. The molecule has 0 saturated heterocycles. The summed E-state index contributed by atoms with van der Waals surface area (Å²) in [5.41, 5.74) is 1.24. The van der Waals surface area contributed by atoms with Crippen LogP contribution in [0.15, 0.2) is 36.0 Å². The molecular formula is C13H11N3O2S. The van der Waals surface area contributed by atoms with E-state index in [0.29, 0.717) is 12.4 Å². The van der Waals surface area contributed by atoms with E-state index < -0.39 is 5.97 Å². The minimum absolute atomic E-state index is 0.276. The van der Waals surface area contributed by atoms with Crippen LogP contribution in [0.3, 0.4) is 0 Å². The molecule has 0 N–H and O–H groups in total. The van der Waals surface area contributed by atoms with Gasteiger partial charge in [-0.15, -0.1) is 11.3 Å². The second-order valence-electron chi connectivity index (χ2n) is 3.82. The van der Waals surface area contributed by atoms with Gasteiger partial charge in [-0.05, 0) is 24.4 Å². The van der Waals surface area contributed by atoms with E-state index in [-0.39, 0.29) is 5.69 Å². The second-order valence-corrected chi connectivity index (χ2v) is 4.77. The summed E-state index contributed by atoms with van der Waals surface area (Å²) in [5, 5.41) is 2.00. The predicted molar refractivity (Wildman–Crippen MR) is 72.3 cm³/mol. The molecule has 96 valence electrons. The van der Waals surface area contributed by atoms with Gasteiger partial charge < -0.3 is 4.74 Å². The van der Waals surface area contributed by atoms with Crippen molar-refractivity contribution in [3.8, 4) is 10.6 Å². The van der Waals surface area contributed by atoms with Gasteiger partial charge in [-0.25, -0.2) is 14.8 Å². The van der Waals surface area contributed by atoms with E-state index in [1.165, 1.54) is 0 Å². The molecule has 0 fully saturated rings. The topological polar surface area (TPSA) is 56.5 Å². The van der Waals surface area contributed by atoms with Gasteiger partial charge in [0.2, 0.25) is 5.78 Å². The molecule has 0 bridgehead atoms. The Hall–Kier alpha value is -2.21. The minimum atomic E-state index is -0.426. The van der Waals surface area contributed by atoms with Gasteiger partial charge in [-0.3, -0.25) is 4.40 Å². The molecule has 0 spiro atoms. The molecule has 0 atom stereocenters. The predicted octanol–water partition coefficient (Wildman–Crippen LogP) is 2.63. The van der Waals surface area contributed by atoms with Crippen LogP contribution in [0.2, 0.25) is 0 Å². The Morgan fingerprint density at radius 2 is 2.37 bits per heavy atom. The number of carbonyl (C=O) groups is 1. The third-order valence-corrected chi connectivity index (χ3v) is 3.52. The lowest BCUT2D eigenvalue weighted by Gasteiger charge is -2.00. The highest BCUT2D eigenvalue weighted by Gasteiger charge is 2.14. The molecule has 19 heavy (non-hydrogen) atoms. The Labute approximate surface area is 113 Å². The highest BCUT2D eigenvalue weighted by Crippen LogP contribution is 2.24. The van der Waals surface area contributed by atoms with Gasteiger partial charge in [0.1, 0.15) is 0 Å². The average molecular weight is 273 g/mol. The standard InChI is InChI=1S/C13H11N3O2S/c1-2-18-12(17)9-8-16-10(11-4-3-7-19-11)5-6-14-13(16)15-9/h3-8H,2H2,1H3. The molecule has 0 unspecified atom stereocenters. The quantitative estimate of drug-likeness (QED) is 0.688. The number of imidazole rings is 1. The van der Waals surface area contributed by atoms with Gasteiger partial charge >= 0.3 is 5.97 Å². The van der Waals surface area contributed by atoms with E-state index >= 15 is 0 Å². The van der Waals surface area contributed by atoms with E-state index in [1.54, 1.807) is 35.1 Å². The maximum Gasteiger partial charge on any atom is 0.358 e. The average Bonchev–Trinajstić information content (AvgIpc) is 3.07. The van der Waals surface area contributed by atoms with Gasteiger partial charge in [-0.1, -0.05) is 6.07 Å². The van der Waals surface area contributed by atoms with Crippen LogP contribution in [0.4, 0.5) is 0 Å². The second kappa shape index (κ2) is 4.81. The van der Waals surface area contributed by atoms with Gasteiger partial charge in [0, 0.05) is 12.4 Å². The lowest BCUT2D eigenvalue weighted by molar-refractivity contribution is 0.0520. The Balaban J connectivity index is 2.13. The van der Waals surface area contributed by atoms with E-state index in [0.717, 1.165) is 10.6 Å². The first-order valence-corrected chi connectivity index (χ1v) is 6.72. The van der Waals surface area contributed by atoms with Crippen molar-refractivity contribution in [1.82, 2.24) is 14.4 Å². The maximum atomic E-state index is 11.7. The number of hydrogen-bond acceptors (Lipinski definition) is 5. The number of esters is 1. The molecule has 0 aliphatic carbocycles. The molecule has 0 aliphatic heterocycles. The highest BCUT2D eigenvalue weighted by atomic mass is 32.1. The Bertz CT molecular complexity index is 719. The number of fused-ring (bicyclic) bond motifs is 1. The number of hydrogen-bond donors (Lipinski definition) is 0. The van der Waals surface area contributed by atoms with Crippen LogP contribution >= 0.6 is 11.3 Å². The summed E-state index contributed by atoms with van der Waals surface area (Å²) in [6.07, 6.45) is 3.35. The SMILES string of the molecule is CCOC(=O)c1cn2c(-c3cccs3)ccnc2n1. The van der Waals surface area contributed by atoms with E-state index in [9.17, 15) is 4.79 Å². The van der Waals surface area contributed by atoms with Gasteiger partial charge in [0.15, 0.2) is 5.69 Å². The number of ether oxygens (including phenoxy) is 1. The summed E-state index contributed by atoms with van der Waals surface area (Å²) in [6, 6.07) is 5.90. The highest BCUT2D eigenvalue weighted by molar-refractivity contribution is 7.13. The van der Waals surface area contributed by atoms with Crippen molar-refractivity contribution in [3.05, 3.63) is 41.7 Å². The van der Waals surface area contributed by atoms with Gasteiger partial charge in [0.05, 0.1) is 17.2 Å². The third-order valence-electron chi connectivity index (χ3n) is 2.63. The summed E-state index contributed by atoms with van der Waals surface area (Å²) < 4.78 is 6.75. The first-order chi connectivity index (χ1) is 9.29. The summed E-state index contributed by atoms with van der Waals surface area (Å²) >= 11 is 1.63. The smallest absolute Gasteiger partial charge is 0.358 e. The molecule has 0 radical (unpaired) electrons. The van der Waals surface area contributed by atoms with Crippen molar-refractivity contribution in [3.63, 3.8) is 0 Å². The largest absolute Gasteiger partial charge is 0.461 e. The summed E-state index contributed by atoms with van der Waals surface area (Å²) in [4.78, 5) is 21.1. The monoisotopic (exact) mass is 273 g/mol. The van der Waals surface area contributed by atoms with Crippen LogP contribution < -0.4 is 0 Å². The lowest BCUT2D eigenvalue weighted by atomic mass is 10.3. The van der Waals surface area contributed by atoms with Crippen LogP contribution in [0.1, 0.15) is 17.4 Å². The van der Waals surface area contributed by atoms with Crippen molar-refractivity contribution in [2.75, 3.05) is 6.61 Å². The summed E-state index contributed by atoms with van der Waals surface area (Å²) in [6.45, 7) is 2.10. The van der Waals surface area contributed by atoms with Crippen molar-refractivity contribution >= 4 is 23.1 Å². The summed E-state index contributed by atoms with van der Waals surface area (Å²) in [5.74, 6) is 0.0686. The van der Waals surface area contributed by atoms with E-state index in [1.807, 2.05) is 23.6 Å². The Morgan fingerprint density at radius 1 is 1.47 bits per heavy atom. The normalized spacial score (nSPS) is 10.8. The lowest BCUT2D eigenvalue weighted by Crippen LogP contribution is -2.04. The van der Waals surface area contributed by atoms with Gasteiger partial charge in [0.25, 0.3) is 0 Å². The first-order valence-electron chi connectivity index (χ1n) is 5.84.